The van der Waals surface area contributed by atoms with Crippen molar-refractivity contribution >= 4 is 40.1 Å². The molecule has 0 unspecified atom stereocenters. The highest BCUT2D eigenvalue weighted by Crippen LogP contribution is 2.23. The van der Waals surface area contributed by atoms with Gasteiger partial charge in [0.1, 0.15) is 0 Å². The zero-order valence-electron chi connectivity index (χ0n) is 8.87. The molecule has 0 aromatic carbocycles. The van der Waals surface area contributed by atoms with E-state index < -0.39 is 0 Å². The maximum Gasteiger partial charge on any atom is 0.0931 e. The summed E-state index contributed by atoms with van der Waals surface area (Å²) in [6.45, 7) is 5.77. The molecule has 0 saturated carbocycles. The van der Waals surface area contributed by atoms with Gasteiger partial charge in [-0.3, -0.25) is 4.90 Å². The van der Waals surface area contributed by atoms with Crippen LogP contribution in [-0.4, -0.2) is 22.5 Å². The van der Waals surface area contributed by atoms with Crippen LogP contribution in [0.2, 0.25) is 4.34 Å². The van der Waals surface area contributed by atoms with Crippen LogP contribution in [0.4, 0.5) is 0 Å². The van der Waals surface area contributed by atoms with E-state index in [-0.39, 0.29) is 0 Å². The second-order valence-corrected chi connectivity index (χ2v) is 5.99. The average Bonchev–Trinajstić information content (AvgIpc) is 2.49. The van der Waals surface area contributed by atoms with Crippen LogP contribution >= 0.6 is 35.2 Å². The van der Waals surface area contributed by atoms with Crippen LogP contribution in [0.25, 0.3) is 0 Å². The number of thiocarbonyl (C=S) groups is 1. The van der Waals surface area contributed by atoms with E-state index in [0.29, 0.717) is 17.6 Å². The summed E-state index contributed by atoms with van der Waals surface area (Å²) in [6, 6.07) is 4.38. The molecular formula is C10H15ClN2S2. The first kappa shape index (κ1) is 12.9. The Morgan fingerprint density at radius 1 is 1.60 bits per heavy atom. The standard InChI is InChI=1S/C10H15ClN2S2/c1-7(2)13(6-10(12)14)5-8-3-4-9(11)15-8/h3-4,7H,5-6H2,1-2H3,(H2,12,14). The molecule has 2 N–H and O–H groups in total. The predicted molar refractivity (Wildman–Crippen MR) is 71.7 cm³/mol. The molecule has 0 amide bonds. The first-order chi connectivity index (χ1) is 6.99. The number of thiophene rings is 1. The lowest BCUT2D eigenvalue weighted by Crippen LogP contribution is -2.36. The zero-order valence-corrected chi connectivity index (χ0v) is 11.3. The number of halogens is 1. The van der Waals surface area contributed by atoms with E-state index >= 15 is 0 Å². The third-order valence-corrected chi connectivity index (χ3v) is 3.42. The third kappa shape index (κ3) is 4.47. The van der Waals surface area contributed by atoms with Crippen molar-refractivity contribution in [3.05, 3.63) is 21.3 Å². The maximum atomic E-state index is 5.88. The lowest BCUT2D eigenvalue weighted by Gasteiger charge is -2.25. The molecule has 0 aliphatic rings. The minimum atomic E-state index is 0.423. The van der Waals surface area contributed by atoms with Crippen molar-refractivity contribution in [1.29, 1.82) is 0 Å². The van der Waals surface area contributed by atoms with Crippen molar-refractivity contribution in [1.82, 2.24) is 4.90 Å². The van der Waals surface area contributed by atoms with Crippen LogP contribution in [0.3, 0.4) is 0 Å². The molecule has 0 aliphatic carbocycles. The zero-order chi connectivity index (χ0) is 11.4. The van der Waals surface area contributed by atoms with Crippen molar-refractivity contribution in [2.75, 3.05) is 6.54 Å². The molecule has 0 atom stereocenters. The Kier molecular flexibility index (Phi) is 4.99. The minimum absolute atomic E-state index is 0.423. The van der Waals surface area contributed by atoms with Crippen molar-refractivity contribution in [2.45, 2.75) is 26.4 Å². The van der Waals surface area contributed by atoms with Crippen molar-refractivity contribution in [3.63, 3.8) is 0 Å². The maximum absolute atomic E-state index is 5.88. The Hall–Kier alpha value is -0.160. The Balaban J connectivity index is 2.62. The van der Waals surface area contributed by atoms with Crippen LogP contribution in [0.15, 0.2) is 12.1 Å². The summed E-state index contributed by atoms with van der Waals surface area (Å²) in [4.78, 5) is 4.00. The topological polar surface area (TPSA) is 29.3 Å². The molecule has 0 aliphatic heterocycles. The van der Waals surface area contributed by atoms with Crippen molar-refractivity contribution in [2.24, 2.45) is 5.73 Å². The fourth-order valence-corrected chi connectivity index (χ4v) is 2.54. The van der Waals surface area contributed by atoms with Gasteiger partial charge in [-0.2, -0.15) is 0 Å². The fourth-order valence-electron chi connectivity index (χ4n) is 1.26. The summed E-state index contributed by atoms with van der Waals surface area (Å²) < 4.78 is 0.823. The molecule has 0 bridgehead atoms. The van der Waals surface area contributed by atoms with E-state index in [1.165, 1.54) is 4.88 Å². The van der Waals surface area contributed by atoms with E-state index in [2.05, 4.69) is 18.7 Å². The Morgan fingerprint density at radius 3 is 2.67 bits per heavy atom. The normalized spacial score (nSPS) is 11.3. The molecule has 1 heterocycles. The molecule has 0 fully saturated rings. The van der Waals surface area contributed by atoms with E-state index in [4.69, 9.17) is 29.6 Å². The van der Waals surface area contributed by atoms with Gasteiger partial charge in [0.05, 0.1) is 9.32 Å². The quantitative estimate of drug-likeness (QED) is 0.828. The third-order valence-electron chi connectivity index (χ3n) is 2.08. The number of nitrogens with two attached hydrogens (primary N) is 1. The largest absolute Gasteiger partial charge is 0.392 e. The fraction of sp³-hybridized carbons (Fsp3) is 0.500. The summed E-state index contributed by atoms with van der Waals surface area (Å²) >= 11 is 12.4. The smallest absolute Gasteiger partial charge is 0.0931 e. The van der Waals surface area contributed by atoms with Crippen molar-refractivity contribution < 1.29 is 0 Å². The highest BCUT2D eigenvalue weighted by Gasteiger charge is 2.12. The molecular weight excluding hydrogens is 248 g/mol. The van der Waals surface area contributed by atoms with Crippen LogP contribution in [0.1, 0.15) is 18.7 Å². The summed E-state index contributed by atoms with van der Waals surface area (Å²) in [7, 11) is 0. The van der Waals surface area contributed by atoms with Gasteiger partial charge in [-0.15, -0.1) is 11.3 Å². The van der Waals surface area contributed by atoms with Gasteiger partial charge in [0, 0.05) is 24.0 Å². The lowest BCUT2D eigenvalue weighted by molar-refractivity contribution is 0.247. The molecule has 15 heavy (non-hydrogen) atoms. The Labute approximate surface area is 105 Å². The highest BCUT2D eigenvalue weighted by molar-refractivity contribution is 7.80. The van der Waals surface area contributed by atoms with Crippen LogP contribution in [0.5, 0.6) is 0 Å². The van der Waals surface area contributed by atoms with Crippen LogP contribution < -0.4 is 5.73 Å². The minimum Gasteiger partial charge on any atom is -0.392 e. The number of hydrogen-bond donors (Lipinski definition) is 1. The summed E-state index contributed by atoms with van der Waals surface area (Å²) in [5, 5.41) is 0. The summed E-state index contributed by atoms with van der Waals surface area (Å²) in [5.41, 5.74) is 5.56. The van der Waals surface area contributed by atoms with E-state index in [0.717, 1.165) is 10.9 Å². The average molecular weight is 263 g/mol. The molecule has 0 spiro atoms. The molecule has 84 valence electrons. The molecule has 0 radical (unpaired) electrons. The van der Waals surface area contributed by atoms with Crippen molar-refractivity contribution in [3.8, 4) is 0 Å². The summed E-state index contributed by atoms with van der Waals surface area (Å²) in [6.07, 6.45) is 0. The van der Waals surface area contributed by atoms with Gasteiger partial charge in [-0.05, 0) is 26.0 Å². The second kappa shape index (κ2) is 5.80. The van der Waals surface area contributed by atoms with Gasteiger partial charge in [0.25, 0.3) is 0 Å². The van der Waals surface area contributed by atoms with Gasteiger partial charge in [0.15, 0.2) is 0 Å². The van der Waals surface area contributed by atoms with Gasteiger partial charge in [-0.25, -0.2) is 0 Å². The second-order valence-electron chi connectivity index (χ2n) is 3.67. The van der Waals surface area contributed by atoms with Crippen LogP contribution in [-0.2, 0) is 6.54 Å². The van der Waals surface area contributed by atoms with E-state index in [1.54, 1.807) is 11.3 Å². The van der Waals surface area contributed by atoms with Gasteiger partial charge < -0.3 is 5.73 Å². The number of nitrogens with zero attached hydrogens (tertiary/aromatic N) is 1. The summed E-state index contributed by atoms with van der Waals surface area (Å²) in [5.74, 6) is 0. The first-order valence-electron chi connectivity index (χ1n) is 4.75. The number of rotatable bonds is 5. The van der Waals surface area contributed by atoms with Gasteiger partial charge >= 0.3 is 0 Å². The lowest BCUT2D eigenvalue weighted by atomic mass is 10.3. The monoisotopic (exact) mass is 262 g/mol. The molecule has 0 saturated heterocycles. The molecule has 5 heteroatoms. The highest BCUT2D eigenvalue weighted by atomic mass is 35.5. The van der Waals surface area contributed by atoms with Gasteiger partial charge in [0.2, 0.25) is 0 Å². The molecule has 1 rings (SSSR count). The van der Waals surface area contributed by atoms with Gasteiger partial charge in [-0.1, -0.05) is 23.8 Å². The number of hydrogen-bond acceptors (Lipinski definition) is 3. The predicted octanol–water partition coefficient (Wildman–Crippen LogP) is 2.90. The molecule has 1 aromatic rings. The SMILES string of the molecule is CC(C)N(CC(N)=S)Cc1ccc(Cl)s1. The first-order valence-corrected chi connectivity index (χ1v) is 6.36. The van der Waals surface area contributed by atoms with Crippen LogP contribution in [0, 0.1) is 0 Å². The molecule has 1 aromatic heterocycles. The van der Waals surface area contributed by atoms with E-state index in [1.807, 2.05) is 12.1 Å². The Bertz CT molecular complexity index is 336. The molecule has 2 nitrogen and oxygen atoms in total. The Morgan fingerprint density at radius 2 is 2.27 bits per heavy atom. The van der Waals surface area contributed by atoms with E-state index in [9.17, 15) is 0 Å².